The molecule has 0 aliphatic carbocycles. The van der Waals surface area contributed by atoms with Crippen molar-refractivity contribution in [3.05, 3.63) is 113 Å². The van der Waals surface area contributed by atoms with E-state index in [2.05, 4.69) is 31.6 Å². The highest BCUT2D eigenvalue weighted by Gasteiger charge is 2.45. The zero-order valence-electron chi connectivity index (χ0n) is 34.6. The number of aromatic amines is 1. The van der Waals surface area contributed by atoms with Crippen LogP contribution in [0.25, 0.3) is 0 Å². The summed E-state index contributed by atoms with van der Waals surface area (Å²) in [6.07, 6.45) is 0.726. The van der Waals surface area contributed by atoms with Crippen LogP contribution in [-0.4, -0.2) is 107 Å². The molecule has 320 valence electrons. The molecule has 3 heterocycles. The second kappa shape index (κ2) is 18.7. The van der Waals surface area contributed by atoms with E-state index in [1.54, 1.807) is 69.7 Å². The average molecular weight is 860 g/mol. The number of benzene rings is 4. The number of sulfonamides is 2. The van der Waals surface area contributed by atoms with Gasteiger partial charge in [0.05, 0.1) is 41.8 Å². The number of anilines is 2. The van der Waals surface area contributed by atoms with Crippen molar-refractivity contribution in [1.82, 2.24) is 24.9 Å². The first-order valence-corrected chi connectivity index (χ1v) is 23.0. The molecule has 1 fully saturated rings. The first-order valence-electron chi connectivity index (χ1n) is 20.1. The van der Waals surface area contributed by atoms with Crippen LogP contribution < -0.4 is 18.7 Å². The Morgan fingerprint density at radius 3 is 2.27 bits per heavy atom. The summed E-state index contributed by atoms with van der Waals surface area (Å²) in [7, 11) is -5.03. The van der Waals surface area contributed by atoms with Crippen molar-refractivity contribution < 1.29 is 35.8 Å². The summed E-state index contributed by atoms with van der Waals surface area (Å²) in [6, 6.07) is 25.6. The van der Waals surface area contributed by atoms with Crippen molar-refractivity contribution in [3.8, 4) is 11.5 Å². The Morgan fingerprint density at radius 1 is 0.917 bits per heavy atom. The summed E-state index contributed by atoms with van der Waals surface area (Å²) >= 11 is 0. The number of hydrogen-bond donors (Lipinski definition) is 1. The highest BCUT2D eigenvalue weighted by Crippen LogP contribution is 2.41. The van der Waals surface area contributed by atoms with Crippen LogP contribution in [0.3, 0.4) is 0 Å². The number of H-pyrrole nitrogens is 1. The highest BCUT2D eigenvalue weighted by atomic mass is 32.2. The van der Waals surface area contributed by atoms with Gasteiger partial charge in [-0.2, -0.15) is 4.31 Å². The molecule has 2 unspecified atom stereocenters. The molecular weight excluding hydrogens is 807 g/mol. The minimum absolute atomic E-state index is 0.00998. The van der Waals surface area contributed by atoms with Gasteiger partial charge in [0.15, 0.2) is 0 Å². The van der Waals surface area contributed by atoms with Gasteiger partial charge in [-0.15, -0.1) is 0 Å². The third kappa shape index (κ3) is 9.45. The Bertz CT molecular complexity index is 2400. The lowest BCUT2D eigenvalue weighted by molar-refractivity contribution is -0.0213. The average Bonchev–Trinajstić information content (AvgIpc) is 3.77. The Morgan fingerprint density at radius 2 is 1.62 bits per heavy atom. The predicted molar refractivity (Wildman–Crippen MR) is 228 cm³/mol. The smallest absolute Gasteiger partial charge is 0.266 e. The summed E-state index contributed by atoms with van der Waals surface area (Å²) in [4.78, 5) is 2.49. The first-order chi connectivity index (χ1) is 28.9. The maximum Gasteiger partial charge on any atom is 0.266 e. The maximum absolute atomic E-state index is 14.8. The van der Waals surface area contributed by atoms with Gasteiger partial charge in [0.2, 0.25) is 10.0 Å². The number of tetrazole rings is 1. The van der Waals surface area contributed by atoms with E-state index in [9.17, 15) is 16.8 Å². The number of ether oxygens (including phenoxy) is 4. The molecule has 15 nitrogen and oxygen atoms in total. The molecule has 0 spiro atoms. The lowest BCUT2D eigenvalue weighted by Crippen LogP contribution is -2.54. The van der Waals surface area contributed by atoms with Crippen molar-refractivity contribution in [1.29, 1.82) is 0 Å². The summed E-state index contributed by atoms with van der Waals surface area (Å²) in [5, 5.41) is 14.0. The zero-order chi connectivity index (χ0) is 42.4. The van der Waals surface area contributed by atoms with Crippen LogP contribution in [-0.2, 0) is 36.1 Å². The van der Waals surface area contributed by atoms with Gasteiger partial charge < -0.3 is 23.8 Å². The van der Waals surface area contributed by atoms with E-state index in [1.807, 2.05) is 50.2 Å². The Balaban J connectivity index is 1.24. The van der Waals surface area contributed by atoms with Crippen LogP contribution >= 0.6 is 0 Å². The number of piperidine rings is 1. The Labute approximate surface area is 352 Å². The molecule has 60 heavy (non-hydrogen) atoms. The lowest BCUT2D eigenvalue weighted by Gasteiger charge is -2.44. The molecule has 0 saturated carbocycles. The molecule has 7 rings (SSSR count). The quantitative estimate of drug-likeness (QED) is 0.111. The minimum atomic E-state index is -4.21. The second-order valence-electron chi connectivity index (χ2n) is 15.4. The number of nitrogens with one attached hydrogen (secondary N) is 1. The normalized spacial score (nSPS) is 19.0. The summed E-state index contributed by atoms with van der Waals surface area (Å²) in [6.45, 7) is 8.58. The predicted octanol–water partition coefficient (Wildman–Crippen LogP) is 5.87. The number of aromatic nitrogens is 4. The molecule has 1 N–H and O–H groups in total. The minimum Gasteiger partial charge on any atom is -0.497 e. The maximum atomic E-state index is 14.8. The standard InChI is InChI=1S/C43H53N7O8S2/c1-30-7-16-37(17-8-30)59(51,52)49-28-42(58-29-33-11-20-41-40(26-33)48(22-24-57-41)21-6-23-55-4)39(34-12-14-36(56-5)15-13-34)27-35(49)25-32(3)50(43-44-46-47-45-43)60(53,54)38-18-9-31(2)10-19-38/h7-20,26,32,35,39,42H,6,21-25,27-29H2,1-5H3,(H,44,45,46,47)/t32?,35-,39?,42+/m1/s1. The van der Waals surface area contributed by atoms with Crippen molar-refractivity contribution in [3.63, 3.8) is 0 Å². The highest BCUT2D eigenvalue weighted by molar-refractivity contribution is 7.92. The molecule has 4 atom stereocenters. The summed E-state index contributed by atoms with van der Waals surface area (Å²) in [5.41, 5.74) is 4.67. The van der Waals surface area contributed by atoms with Gasteiger partial charge in [0.1, 0.15) is 18.1 Å². The van der Waals surface area contributed by atoms with E-state index < -0.39 is 38.2 Å². The van der Waals surface area contributed by atoms with Crippen molar-refractivity contribution in [2.24, 2.45) is 0 Å². The number of rotatable bonds is 17. The van der Waals surface area contributed by atoms with Gasteiger partial charge in [-0.05, 0) is 110 Å². The lowest BCUT2D eigenvalue weighted by atomic mass is 9.82. The fraction of sp³-hybridized carbons (Fsp3) is 0.419. The number of fused-ring (bicyclic) bond motifs is 1. The van der Waals surface area contributed by atoms with Crippen LogP contribution in [0.4, 0.5) is 11.6 Å². The SMILES string of the molecule is COCCCN1CCOc2ccc(CO[C@H]3CN(S(=O)(=O)c4ccc(C)cc4)[C@H](CC(C)N(c4nnn[nH]4)S(=O)(=O)c4ccc(C)cc4)CC3c3ccc(OC)cc3)cc21. The Kier molecular flexibility index (Phi) is 13.4. The van der Waals surface area contributed by atoms with Gasteiger partial charge in [-0.1, -0.05) is 58.7 Å². The molecule has 0 amide bonds. The van der Waals surface area contributed by atoms with Crippen LogP contribution in [0.15, 0.2) is 101 Å². The Hall–Kier alpha value is -5.07. The molecule has 1 aromatic heterocycles. The third-order valence-corrected chi connectivity index (χ3v) is 15.1. The molecule has 5 aromatic rings. The molecule has 2 aliphatic rings. The van der Waals surface area contributed by atoms with E-state index in [1.165, 1.54) is 4.31 Å². The number of hydrogen-bond acceptors (Lipinski definition) is 12. The van der Waals surface area contributed by atoms with Crippen LogP contribution in [0, 0.1) is 13.8 Å². The number of methoxy groups -OCH3 is 2. The summed E-state index contributed by atoms with van der Waals surface area (Å²) in [5.74, 6) is 1.14. The first kappa shape index (κ1) is 43.0. The largest absolute Gasteiger partial charge is 0.497 e. The molecular formula is C43H53N7O8S2. The topological polar surface area (TPSA) is 169 Å². The van der Waals surface area contributed by atoms with Gasteiger partial charge >= 0.3 is 0 Å². The molecule has 0 bridgehead atoms. The van der Waals surface area contributed by atoms with Gasteiger partial charge in [-0.25, -0.2) is 26.2 Å². The van der Waals surface area contributed by atoms with Crippen molar-refractivity contribution in [2.45, 2.75) is 80.5 Å². The number of nitrogens with zero attached hydrogens (tertiary/aromatic N) is 6. The molecule has 4 aromatic carbocycles. The van der Waals surface area contributed by atoms with Gasteiger partial charge in [-0.3, -0.25) is 0 Å². The van der Waals surface area contributed by atoms with E-state index in [4.69, 9.17) is 18.9 Å². The number of aryl methyl sites for hydroxylation is 2. The molecule has 2 aliphatic heterocycles. The molecule has 0 radical (unpaired) electrons. The van der Waals surface area contributed by atoms with Gasteiger partial charge in [0, 0.05) is 44.8 Å². The van der Waals surface area contributed by atoms with E-state index in [0.717, 1.165) is 57.5 Å². The zero-order valence-corrected chi connectivity index (χ0v) is 36.2. The van der Waals surface area contributed by atoms with Crippen LogP contribution in [0.1, 0.15) is 54.4 Å². The second-order valence-corrected chi connectivity index (χ2v) is 19.1. The fourth-order valence-electron chi connectivity index (χ4n) is 8.10. The van der Waals surface area contributed by atoms with E-state index in [0.29, 0.717) is 25.4 Å². The van der Waals surface area contributed by atoms with E-state index >= 15 is 0 Å². The molecule has 1 saturated heterocycles. The van der Waals surface area contributed by atoms with Crippen molar-refractivity contribution in [2.75, 3.05) is 56.3 Å². The van der Waals surface area contributed by atoms with Crippen LogP contribution in [0.2, 0.25) is 0 Å². The third-order valence-electron chi connectivity index (χ3n) is 11.3. The fourth-order valence-corrected chi connectivity index (χ4v) is 11.3. The van der Waals surface area contributed by atoms with Crippen molar-refractivity contribution >= 4 is 31.7 Å². The monoisotopic (exact) mass is 859 g/mol. The van der Waals surface area contributed by atoms with E-state index in [-0.39, 0.29) is 41.2 Å². The van der Waals surface area contributed by atoms with Gasteiger partial charge in [0.25, 0.3) is 16.0 Å². The van der Waals surface area contributed by atoms with Crippen LogP contribution in [0.5, 0.6) is 11.5 Å². The molecule has 17 heteroatoms. The summed E-state index contributed by atoms with van der Waals surface area (Å²) < 4.78 is 84.7.